The second kappa shape index (κ2) is 8.45. The van der Waals surface area contributed by atoms with Crippen LogP contribution in [0, 0.1) is 19.7 Å². The first kappa shape index (κ1) is 20.5. The second-order valence-corrected chi connectivity index (χ2v) is 8.53. The summed E-state index contributed by atoms with van der Waals surface area (Å²) in [6, 6.07) is 18.8. The van der Waals surface area contributed by atoms with E-state index in [1.165, 1.54) is 24.3 Å². The van der Waals surface area contributed by atoms with Gasteiger partial charge < -0.3 is 5.32 Å². The Morgan fingerprint density at radius 3 is 2.28 bits per heavy atom. The second-order valence-electron chi connectivity index (χ2n) is 6.67. The van der Waals surface area contributed by atoms with Crippen molar-refractivity contribution >= 4 is 27.3 Å². The number of nitrogens with one attached hydrogen (secondary N) is 1. The van der Waals surface area contributed by atoms with Crippen LogP contribution in [0.5, 0.6) is 0 Å². The number of para-hydroxylation sites is 1. The van der Waals surface area contributed by atoms with Gasteiger partial charge in [0.15, 0.2) is 0 Å². The molecule has 0 radical (unpaired) electrons. The highest BCUT2D eigenvalue weighted by Crippen LogP contribution is 2.24. The molecular formula is C22H21FN2O3S. The molecule has 0 aliphatic rings. The molecule has 0 fully saturated rings. The van der Waals surface area contributed by atoms with E-state index in [1.807, 2.05) is 6.92 Å². The molecule has 0 aliphatic heterocycles. The first-order valence-electron chi connectivity index (χ1n) is 8.98. The smallest absolute Gasteiger partial charge is 0.264 e. The minimum absolute atomic E-state index is 0.0849. The molecule has 0 aliphatic carbocycles. The Kier molecular flexibility index (Phi) is 5.98. The number of benzene rings is 3. The number of sulfonamides is 1. The van der Waals surface area contributed by atoms with Gasteiger partial charge in [-0.2, -0.15) is 0 Å². The molecule has 0 saturated heterocycles. The fraction of sp³-hybridized carbons (Fsp3) is 0.136. The van der Waals surface area contributed by atoms with E-state index in [1.54, 1.807) is 55.5 Å². The van der Waals surface area contributed by atoms with Crippen molar-refractivity contribution < 1.29 is 17.6 Å². The Morgan fingerprint density at radius 1 is 0.966 bits per heavy atom. The van der Waals surface area contributed by atoms with E-state index in [2.05, 4.69) is 5.32 Å². The molecule has 0 unspecified atom stereocenters. The Morgan fingerprint density at radius 2 is 1.62 bits per heavy atom. The van der Waals surface area contributed by atoms with Crippen LogP contribution in [0.3, 0.4) is 0 Å². The number of aryl methyl sites for hydroxylation is 2. The third-order valence-corrected chi connectivity index (χ3v) is 6.20. The molecular weight excluding hydrogens is 391 g/mol. The number of rotatable bonds is 6. The van der Waals surface area contributed by atoms with Gasteiger partial charge in [-0.3, -0.25) is 9.10 Å². The zero-order valence-electron chi connectivity index (χ0n) is 16.1. The normalized spacial score (nSPS) is 11.1. The van der Waals surface area contributed by atoms with E-state index in [0.717, 1.165) is 9.87 Å². The number of hydrogen-bond donors (Lipinski definition) is 1. The Hall–Kier alpha value is -3.19. The van der Waals surface area contributed by atoms with Crippen molar-refractivity contribution in [2.45, 2.75) is 18.7 Å². The maximum atomic E-state index is 13.5. The summed E-state index contributed by atoms with van der Waals surface area (Å²) in [5.74, 6) is -1.06. The van der Waals surface area contributed by atoms with E-state index >= 15 is 0 Å². The lowest BCUT2D eigenvalue weighted by atomic mass is 10.2. The van der Waals surface area contributed by atoms with E-state index in [-0.39, 0.29) is 4.90 Å². The van der Waals surface area contributed by atoms with Crippen LogP contribution in [0.15, 0.2) is 77.7 Å². The number of amides is 1. The quantitative estimate of drug-likeness (QED) is 0.657. The number of halogens is 1. The molecule has 0 spiro atoms. The maximum Gasteiger partial charge on any atom is 0.264 e. The SMILES string of the molecule is Cc1ccc(S(=O)(=O)N(CC(=O)Nc2cc(F)ccc2C)c2ccccc2)cc1. The average molecular weight is 412 g/mol. The van der Waals surface area contributed by atoms with Gasteiger partial charge in [-0.15, -0.1) is 0 Å². The number of carbonyl (C=O) groups is 1. The van der Waals surface area contributed by atoms with Gasteiger partial charge in [0.2, 0.25) is 5.91 Å². The summed E-state index contributed by atoms with van der Waals surface area (Å²) in [7, 11) is -3.98. The molecule has 0 aromatic heterocycles. The molecule has 3 aromatic carbocycles. The van der Waals surface area contributed by atoms with Crippen LogP contribution < -0.4 is 9.62 Å². The van der Waals surface area contributed by atoms with Crippen molar-refractivity contribution in [3.05, 3.63) is 89.7 Å². The van der Waals surface area contributed by atoms with Crippen LogP contribution in [-0.2, 0) is 14.8 Å². The fourth-order valence-corrected chi connectivity index (χ4v) is 4.22. The zero-order valence-corrected chi connectivity index (χ0v) is 16.9. The molecule has 0 atom stereocenters. The van der Waals surface area contributed by atoms with Crippen molar-refractivity contribution in [1.82, 2.24) is 0 Å². The minimum Gasteiger partial charge on any atom is -0.324 e. The Bertz CT molecular complexity index is 1110. The van der Waals surface area contributed by atoms with Crippen molar-refractivity contribution in [3.63, 3.8) is 0 Å². The van der Waals surface area contributed by atoms with Gasteiger partial charge in [-0.1, -0.05) is 42.0 Å². The van der Waals surface area contributed by atoms with E-state index in [9.17, 15) is 17.6 Å². The zero-order chi connectivity index (χ0) is 21.0. The monoisotopic (exact) mass is 412 g/mol. The lowest BCUT2D eigenvalue weighted by Crippen LogP contribution is -2.38. The highest BCUT2D eigenvalue weighted by molar-refractivity contribution is 7.92. The van der Waals surface area contributed by atoms with E-state index in [4.69, 9.17) is 0 Å². The molecule has 7 heteroatoms. The van der Waals surface area contributed by atoms with Gasteiger partial charge in [0, 0.05) is 5.69 Å². The highest BCUT2D eigenvalue weighted by atomic mass is 32.2. The summed E-state index contributed by atoms with van der Waals surface area (Å²) < 4.78 is 41.0. The molecule has 5 nitrogen and oxygen atoms in total. The number of hydrogen-bond acceptors (Lipinski definition) is 3. The van der Waals surface area contributed by atoms with Crippen LogP contribution >= 0.6 is 0 Å². The van der Waals surface area contributed by atoms with Gasteiger partial charge in [0.25, 0.3) is 10.0 Å². The largest absolute Gasteiger partial charge is 0.324 e. The van der Waals surface area contributed by atoms with Crippen molar-refractivity contribution in [2.75, 3.05) is 16.2 Å². The molecule has 3 aromatic rings. The molecule has 29 heavy (non-hydrogen) atoms. The number of anilines is 2. The van der Waals surface area contributed by atoms with E-state index in [0.29, 0.717) is 16.9 Å². The minimum atomic E-state index is -3.98. The van der Waals surface area contributed by atoms with E-state index < -0.39 is 28.3 Å². The predicted octanol–water partition coefficient (Wildman–Crippen LogP) is 4.28. The topological polar surface area (TPSA) is 66.5 Å². The van der Waals surface area contributed by atoms with Crippen molar-refractivity contribution in [1.29, 1.82) is 0 Å². The summed E-state index contributed by atoms with van der Waals surface area (Å²) in [5.41, 5.74) is 2.26. The molecule has 1 amide bonds. The fourth-order valence-electron chi connectivity index (χ4n) is 2.80. The summed E-state index contributed by atoms with van der Waals surface area (Å²) in [6.45, 7) is 3.14. The Balaban J connectivity index is 1.93. The van der Waals surface area contributed by atoms with Gasteiger partial charge in [0.1, 0.15) is 12.4 Å². The highest BCUT2D eigenvalue weighted by Gasteiger charge is 2.27. The third-order valence-electron chi connectivity index (χ3n) is 4.41. The number of carbonyl (C=O) groups excluding carboxylic acids is 1. The molecule has 3 rings (SSSR count). The predicted molar refractivity (Wildman–Crippen MR) is 112 cm³/mol. The van der Waals surface area contributed by atoms with Crippen molar-refractivity contribution in [3.8, 4) is 0 Å². The molecule has 150 valence electrons. The molecule has 0 bridgehead atoms. The lowest BCUT2D eigenvalue weighted by Gasteiger charge is -2.24. The Labute approximate surface area is 169 Å². The summed E-state index contributed by atoms with van der Waals surface area (Å²) >= 11 is 0. The average Bonchev–Trinajstić information content (AvgIpc) is 2.70. The van der Waals surface area contributed by atoms with Crippen LogP contribution in [0.4, 0.5) is 15.8 Å². The molecule has 0 heterocycles. The standard InChI is InChI=1S/C22H21FN2O3S/c1-16-8-12-20(13-9-16)29(27,28)25(19-6-4-3-5-7-19)15-22(26)24-21-14-18(23)11-10-17(21)2/h3-14H,15H2,1-2H3,(H,24,26). The summed E-state index contributed by atoms with van der Waals surface area (Å²) in [5, 5.41) is 2.60. The first-order valence-corrected chi connectivity index (χ1v) is 10.4. The van der Waals surface area contributed by atoms with Gasteiger partial charge >= 0.3 is 0 Å². The van der Waals surface area contributed by atoms with Crippen LogP contribution in [-0.4, -0.2) is 20.9 Å². The molecule has 1 N–H and O–H groups in total. The lowest BCUT2D eigenvalue weighted by molar-refractivity contribution is -0.114. The van der Waals surface area contributed by atoms with Crippen molar-refractivity contribution in [2.24, 2.45) is 0 Å². The van der Waals surface area contributed by atoms with Gasteiger partial charge in [-0.25, -0.2) is 12.8 Å². The van der Waals surface area contributed by atoms with Gasteiger partial charge in [0.05, 0.1) is 10.6 Å². The summed E-state index contributed by atoms with van der Waals surface area (Å²) in [4.78, 5) is 12.7. The molecule has 0 saturated carbocycles. The van der Waals surface area contributed by atoms with Crippen LogP contribution in [0.25, 0.3) is 0 Å². The van der Waals surface area contributed by atoms with Crippen LogP contribution in [0.2, 0.25) is 0 Å². The summed E-state index contributed by atoms with van der Waals surface area (Å²) in [6.07, 6.45) is 0. The van der Waals surface area contributed by atoms with Gasteiger partial charge in [-0.05, 0) is 55.8 Å². The first-order chi connectivity index (χ1) is 13.8. The number of nitrogens with zero attached hydrogens (tertiary/aromatic N) is 1. The van der Waals surface area contributed by atoms with Crippen LogP contribution in [0.1, 0.15) is 11.1 Å². The maximum absolute atomic E-state index is 13.5. The third kappa shape index (κ3) is 4.81.